The third kappa shape index (κ3) is 8.72. The molecule has 0 amide bonds. The number of carboxylic acid groups (broad SMARTS) is 1. The fourth-order valence-corrected chi connectivity index (χ4v) is 2.89. The van der Waals surface area contributed by atoms with Crippen molar-refractivity contribution >= 4 is 24.1 Å². The molecule has 0 saturated carbocycles. The minimum atomic E-state index is -1.85. The molecule has 0 radical (unpaired) electrons. The highest BCUT2D eigenvalue weighted by Crippen LogP contribution is 2.32. The number of ether oxygens (including phenoxy) is 4. The van der Waals surface area contributed by atoms with Gasteiger partial charge < -0.3 is 29.8 Å². The van der Waals surface area contributed by atoms with Gasteiger partial charge in [0.25, 0.3) is 0 Å². The van der Waals surface area contributed by atoms with Gasteiger partial charge in [0, 0.05) is 26.2 Å². The molecule has 0 aliphatic rings. The van der Waals surface area contributed by atoms with Crippen LogP contribution in [-0.2, 0) is 30.3 Å². The summed E-state index contributed by atoms with van der Waals surface area (Å²) in [6.45, 7) is 11.2. The maximum atomic E-state index is 12.1. The zero-order chi connectivity index (χ0) is 25.6. The molecule has 0 heterocycles. The van der Waals surface area contributed by atoms with Crippen molar-refractivity contribution in [2.75, 3.05) is 6.61 Å². The van der Waals surface area contributed by atoms with E-state index in [9.17, 15) is 24.3 Å². The van der Waals surface area contributed by atoms with E-state index in [1.807, 2.05) is 20.8 Å². The molecule has 1 aromatic carbocycles. The standard InChI is InChI=1S/C23H33NO9/c1-13(14(2)31-21(29)30-12-22(5,6)7)23(24,20(27)28)11-17-8-9-18(32-15(3)25)19(10-17)33-16(4)26/h8-10,13-14H,11-12,24H2,1-7H3,(H,27,28)/t13-,14+,23-/m1/s1. The van der Waals surface area contributed by atoms with Crippen molar-refractivity contribution in [3.8, 4) is 11.5 Å². The first-order valence-electron chi connectivity index (χ1n) is 10.4. The van der Waals surface area contributed by atoms with E-state index in [2.05, 4.69) is 0 Å². The summed E-state index contributed by atoms with van der Waals surface area (Å²) in [7, 11) is 0. The summed E-state index contributed by atoms with van der Waals surface area (Å²) < 4.78 is 20.4. The first-order valence-corrected chi connectivity index (χ1v) is 10.4. The Morgan fingerprint density at radius 2 is 1.55 bits per heavy atom. The van der Waals surface area contributed by atoms with Crippen LogP contribution in [0.5, 0.6) is 11.5 Å². The van der Waals surface area contributed by atoms with Gasteiger partial charge in [-0.2, -0.15) is 0 Å². The molecule has 0 aromatic heterocycles. The molecule has 0 saturated heterocycles. The van der Waals surface area contributed by atoms with E-state index in [1.54, 1.807) is 6.92 Å². The molecule has 184 valence electrons. The normalized spacial score (nSPS) is 14.9. The molecule has 0 unspecified atom stereocenters. The van der Waals surface area contributed by atoms with Crippen LogP contribution in [0.2, 0.25) is 0 Å². The maximum absolute atomic E-state index is 12.1. The van der Waals surface area contributed by atoms with Crippen LogP contribution in [0.15, 0.2) is 18.2 Å². The van der Waals surface area contributed by atoms with Gasteiger partial charge >= 0.3 is 24.1 Å². The van der Waals surface area contributed by atoms with Crippen LogP contribution in [0, 0.1) is 11.3 Å². The van der Waals surface area contributed by atoms with E-state index in [0.29, 0.717) is 5.56 Å². The Bertz CT molecular complexity index is 890. The second-order valence-corrected chi connectivity index (χ2v) is 9.20. The summed E-state index contributed by atoms with van der Waals surface area (Å²) in [5, 5.41) is 9.89. The number of benzene rings is 1. The summed E-state index contributed by atoms with van der Waals surface area (Å²) in [6, 6.07) is 4.26. The Morgan fingerprint density at radius 3 is 2.03 bits per heavy atom. The van der Waals surface area contributed by atoms with Crippen molar-refractivity contribution in [1.29, 1.82) is 0 Å². The summed E-state index contributed by atoms with van der Waals surface area (Å²) in [5.41, 5.74) is 4.58. The van der Waals surface area contributed by atoms with Gasteiger partial charge in [-0.1, -0.05) is 33.8 Å². The largest absolute Gasteiger partial charge is 0.508 e. The van der Waals surface area contributed by atoms with Crippen molar-refractivity contribution in [3.63, 3.8) is 0 Å². The molecular weight excluding hydrogens is 434 g/mol. The highest BCUT2D eigenvalue weighted by Gasteiger charge is 2.44. The number of carbonyl (C=O) groups is 4. The minimum Gasteiger partial charge on any atom is -0.480 e. The van der Waals surface area contributed by atoms with Gasteiger partial charge in [0.15, 0.2) is 11.5 Å². The second-order valence-electron chi connectivity index (χ2n) is 9.20. The molecule has 0 spiro atoms. The van der Waals surface area contributed by atoms with Crippen LogP contribution in [0.3, 0.4) is 0 Å². The molecular formula is C23H33NO9. The zero-order valence-corrected chi connectivity index (χ0v) is 20.1. The topological polar surface area (TPSA) is 151 Å². The predicted octanol–water partition coefficient (Wildman–Crippen LogP) is 3.09. The van der Waals surface area contributed by atoms with Gasteiger partial charge in [-0.15, -0.1) is 0 Å². The number of carbonyl (C=O) groups excluding carboxylic acids is 3. The molecule has 0 bridgehead atoms. The number of rotatable bonds is 9. The molecule has 0 aliphatic heterocycles. The van der Waals surface area contributed by atoms with Crippen LogP contribution in [0.1, 0.15) is 54.0 Å². The lowest BCUT2D eigenvalue weighted by Crippen LogP contribution is -2.58. The molecule has 1 aromatic rings. The average Bonchev–Trinajstić information content (AvgIpc) is 2.66. The lowest BCUT2D eigenvalue weighted by molar-refractivity contribution is -0.147. The summed E-state index contributed by atoms with van der Waals surface area (Å²) in [5.74, 6) is -3.46. The molecule has 0 aliphatic carbocycles. The maximum Gasteiger partial charge on any atom is 0.508 e. The monoisotopic (exact) mass is 467 g/mol. The van der Waals surface area contributed by atoms with Gasteiger partial charge in [-0.25, -0.2) is 4.79 Å². The van der Waals surface area contributed by atoms with Gasteiger partial charge in [-0.05, 0) is 30.0 Å². The number of carboxylic acids is 1. The van der Waals surface area contributed by atoms with E-state index in [1.165, 1.54) is 39.0 Å². The molecule has 1 rings (SSSR count). The van der Waals surface area contributed by atoms with Gasteiger partial charge in [0.05, 0.1) is 6.61 Å². The van der Waals surface area contributed by atoms with Crippen LogP contribution in [0.25, 0.3) is 0 Å². The quantitative estimate of drug-likeness (QED) is 0.409. The second kappa shape index (κ2) is 11.1. The van der Waals surface area contributed by atoms with Crippen LogP contribution >= 0.6 is 0 Å². The van der Waals surface area contributed by atoms with Crippen molar-refractivity contribution in [2.24, 2.45) is 17.1 Å². The SMILES string of the molecule is CC(=O)Oc1ccc(C[C@](N)(C(=O)O)[C@H](C)[C@H](C)OC(=O)OCC(C)(C)C)cc1OC(C)=O. The Balaban J connectivity index is 3.10. The van der Waals surface area contributed by atoms with Gasteiger partial charge in [-0.3, -0.25) is 14.4 Å². The van der Waals surface area contributed by atoms with E-state index < -0.39 is 41.6 Å². The molecule has 10 heteroatoms. The Kier molecular flexibility index (Phi) is 9.41. The zero-order valence-electron chi connectivity index (χ0n) is 20.1. The van der Waals surface area contributed by atoms with Crippen LogP contribution in [0.4, 0.5) is 4.79 Å². The third-order valence-corrected chi connectivity index (χ3v) is 4.83. The van der Waals surface area contributed by atoms with Crippen molar-refractivity contribution in [2.45, 2.75) is 66.5 Å². The number of hydrogen-bond acceptors (Lipinski definition) is 9. The molecule has 10 nitrogen and oxygen atoms in total. The summed E-state index contributed by atoms with van der Waals surface area (Å²) in [4.78, 5) is 46.9. The first kappa shape index (κ1) is 27.9. The Labute approximate surface area is 193 Å². The fourth-order valence-electron chi connectivity index (χ4n) is 2.89. The van der Waals surface area contributed by atoms with E-state index in [4.69, 9.17) is 24.7 Å². The van der Waals surface area contributed by atoms with Crippen molar-refractivity contribution in [3.05, 3.63) is 23.8 Å². The lowest BCUT2D eigenvalue weighted by Gasteiger charge is -2.34. The predicted molar refractivity (Wildman–Crippen MR) is 118 cm³/mol. The average molecular weight is 468 g/mol. The van der Waals surface area contributed by atoms with E-state index >= 15 is 0 Å². The minimum absolute atomic E-state index is 0.00531. The Hall–Kier alpha value is -3.14. The number of aliphatic carboxylic acids is 1. The van der Waals surface area contributed by atoms with Crippen LogP contribution < -0.4 is 15.2 Å². The summed E-state index contributed by atoms with van der Waals surface area (Å²) in [6.07, 6.45) is -1.99. The van der Waals surface area contributed by atoms with Gasteiger partial charge in [0.2, 0.25) is 0 Å². The van der Waals surface area contributed by atoms with E-state index in [0.717, 1.165) is 0 Å². The Morgan fingerprint density at radius 1 is 1.00 bits per heavy atom. The lowest BCUT2D eigenvalue weighted by atomic mass is 9.78. The fraction of sp³-hybridized carbons (Fsp3) is 0.565. The van der Waals surface area contributed by atoms with E-state index in [-0.39, 0.29) is 29.9 Å². The smallest absolute Gasteiger partial charge is 0.480 e. The highest BCUT2D eigenvalue weighted by atomic mass is 16.7. The number of nitrogens with two attached hydrogens (primary N) is 1. The number of hydrogen-bond donors (Lipinski definition) is 2. The van der Waals surface area contributed by atoms with Crippen LogP contribution in [-0.4, -0.2) is 47.4 Å². The van der Waals surface area contributed by atoms with Crippen molar-refractivity contribution in [1.82, 2.24) is 0 Å². The van der Waals surface area contributed by atoms with Crippen molar-refractivity contribution < 1.29 is 43.2 Å². The first-order chi connectivity index (χ1) is 15.0. The molecule has 3 N–H and O–H groups in total. The third-order valence-electron chi connectivity index (χ3n) is 4.83. The highest BCUT2D eigenvalue weighted by molar-refractivity contribution is 5.80. The summed E-state index contributed by atoms with van der Waals surface area (Å²) >= 11 is 0. The molecule has 0 fully saturated rings. The number of esters is 2. The molecule has 3 atom stereocenters. The molecule has 33 heavy (non-hydrogen) atoms. The van der Waals surface area contributed by atoms with Gasteiger partial charge in [0.1, 0.15) is 11.6 Å².